The van der Waals surface area contributed by atoms with Crippen LogP contribution in [0.15, 0.2) is 4.99 Å². The third-order valence-corrected chi connectivity index (χ3v) is 1.36. The Bertz CT molecular complexity index is 182. The molecule has 0 unspecified atom stereocenters. The monoisotopic (exact) mass is 151 g/mol. The zero-order chi connectivity index (χ0) is 7.33. The summed E-state index contributed by atoms with van der Waals surface area (Å²) in [5, 5.41) is 0. The summed E-state index contributed by atoms with van der Waals surface area (Å²) in [5.74, 6) is -0.294. The van der Waals surface area contributed by atoms with Crippen molar-refractivity contribution in [2.24, 2.45) is 4.99 Å². The van der Waals surface area contributed by atoms with Gasteiger partial charge in [-0.1, -0.05) is 0 Å². The van der Waals surface area contributed by atoms with Gasteiger partial charge in [0, 0.05) is 0 Å². The first kappa shape index (κ1) is 8.58. The van der Waals surface area contributed by atoms with E-state index in [4.69, 9.17) is 4.55 Å². The molecule has 0 bridgehead atoms. The van der Waals surface area contributed by atoms with Crippen LogP contribution >= 0.6 is 0 Å². The van der Waals surface area contributed by atoms with Gasteiger partial charge in [-0.05, 0) is 13.1 Å². The lowest BCUT2D eigenvalue weighted by Crippen LogP contribution is -2.06. The van der Waals surface area contributed by atoms with E-state index in [-0.39, 0.29) is 12.3 Å². The molecule has 0 aliphatic rings. The molecule has 0 saturated carbocycles. The van der Waals surface area contributed by atoms with Crippen LogP contribution in [0.4, 0.5) is 0 Å². The van der Waals surface area contributed by atoms with Crippen LogP contribution in [0.25, 0.3) is 0 Å². The van der Waals surface area contributed by atoms with Gasteiger partial charge in [-0.15, -0.1) is 0 Å². The Morgan fingerprint density at radius 1 is 1.67 bits per heavy atom. The Morgan fingerprint density at radius 3 is 2.56 bits per heavy atom. The average molecular weight is 151 g/mol. The first-order valence-corrected chi connectivity index (χ1v) is 4.07. The van der Waals surface area contributed by atoms with E-state index in [1.165, 1.54) is 6.21 Å². The number of nitrogens with zero attached hydrogens (tertiary/aromatic N) is 1. The highest BCUT2D eigenvalue weighted by atomic mass is 32.2. The van der Waals surface area contributed by atoms with Crippen molar-refractivity contribution < 1.29 is 13.0 Å². The second-order valence-electron chi connectivity index (χ2n) is 1.45. The second-order valence-corrected chi connectivity index (χ2v) is 3.02. The molecule has 0 spiro atoms. The Kier molecular flexibility index (Phi) is 3.41. The predicted molar refractivity (Wildman–Crippen MR) is 35.4 cm³/mol. The molecule has 0 radical (unpaired) electrons. The van der Waals surface area contributed by atoms with E-state index < -0.39 is 10.1 Å². The fraction of sp³-hybridized carbons (Fsp3) is 0.750. The van der Waals surface area contributed by atoms with E-state index in [0.717, 1.165) is 0 Å². The minimum Gasteiger partial charge on any atom is -0.297 e. The molecule has 0 aromatic carbocycles. The summed E-state index contributed by atoms with van der Waals surface area (Å²) in [6.45, 7) is 1.82. The predicted octanol–water partition coefficient (Wildman–Crippen LogP) is -0.0351. The third kappa shape index (κ3) is 7.58. The summed E-state index contributed by atoms with van der Waals surface area (Å²) >= 11 is 0. The average Bonchev–Trinajstić information content (AvgIpc) is 1.63. The Morgan fingerprint density at radius 2 is 2.22 bits per heavy atom. The summed E-state index contributed by atoms with van der Waals surface area (Å²) in [5.41, 5.74) is 0. The SMILES string of the molecule is CC=NCCS(=O)(=O)O. The first-order chi connectivity index (χ1) is 4.06. The minimum atomic E-state index is -3.81. The van der Waals surface area contributed by atoms with E-state index in [9.17, 15) is 8.42 Å². The van der Waals surface area contributed by atoms with Crippen LogP contribution in [0.5, 0.6) is 0 Å². The standard InChI is InChI=1S/C4H9NO3S/c1-2-5-3-4-9(6,7)8/h2H,3-4H2,1H3,(H,6,7,8). The third-order valence-electron chi connectivity index (χ3n) is 0.661. The van der Waals surface area contributed by atoms with E-state index in [2.05, 4.69) is 4.99 Å². The van der Waals surface area contributed by atoms with Crippen LogP contribution in [0.3, 0.4) is 0 Å². The van der Waals surface area contributed by atoms with E-state index in [1.807, 2.05) is 0 Å². The smallest absolute Gasteiger partial charge is 0.266 e. The molecule has 0 fully saturated rings. The summed E-state index contributed by atoms with van der Waals surface area (Å²) in [7, 11) is -3.81. The van der Waals surface area contributed by atoms with E-state index in [0.29, 0.717) is 0 Å². The van der Waals surface area contributed by atoms with Crippen molar-refractivity contribution in [2.75, 3.05) is 12.3 Å². The fourth-order valence-corrected chi connectivity index (χ4v) is 0.633. The Hall–Kier alpha value is -0.420. The van der Waals surface area contributed by atoms with Crippen LogP contribution in [0, 0.1) is 0 Å². The molecule has 5 heteroatoms. The fourth-order valence-electron chi connectivity index (χ4n) is 0.297. The maximum absolute atomic E-state index is 9.99. The first-order valence-electron chi connectivity index (χ1n) is 2.46. The van der Waals surface area contributed by atoms with Crippen LogP contribution in [-0.2, 0) is 10.1 Å². The lowest BCUT2D eigenvalue weighted by molar-refractivity contribution is 0.483. The molecular formula is C4H9NO3S. The van der Waals surface area contributed by atoms with Gasteiger partial charge in [0.05, 0.1) is 12.3 Å². The number of rotatable bonds is 3. The zero-order valence-electron chi connectivity index (χ0n) is 5.11. The van der Waals surface area contributed by atoms with Crippen molar-refractivity contribution in [3.05, 3.63) is 0 Å². The van der Waals surface area contributed by atoms with Gasteiger partial charge in [0.15, 0.2) is 0 Å². The van der Waals surface area contributed by atoms with Crippen molar-refractivity contribution >= 4 is 16.3 Å². The summed E-state index contributed by atoms with van der Waals surface area (Å²) in [6.07, 6.45) is 1.49. The van der Waals surface area contributed by atoms with E-state index >= 15 is 0 Å². The Balaban J connectivity index is 3.53. The molecule has 0 rings (SSSR count). The molecule has 54 valence electrons. The molecule has 0 aromatic heterocycles. The zero-order valence-corrected chi connectivity index (χ0v) is 5.93. The van der Waals surface area contributed by atoms with Crippen LogP contribution in [0.2, 0.25) is 0 Å². The molecule has 0 atom stereocenters. The van der Waals surface area contributed by atoms with Crippen LogP contribution < -0.4 is 0 Å². The number of hydrogen-bond donors (Lipinski definition) is 1. The molecule has 0 aliphatic heterocycles. The largest absolute Gasteiger partial charge is 0.297 e. The maximum atomic E-state index is 9.99. The summed E-state index contributed by atoms with van der Waals surface area (Å²) < 4.78 is 28.1. The van der Waals surface area contributed by atoms with Gasteiger partial charge in [-0.3, -0.25) is 9.55 Å². The van der Waals surface area contributed by atoms with Gasteiger partial charge >= 0.3 is 0 Å². The van der Waals surface area contributed by atoms with Crippen molar-refractivity contribution in [1.82, 2.24) is 0 Å². The van der Waals surface area contributed by atoms with Crippen molar-refractivity contribution in [3.63, 3.8) is 0 Å². The van der Waals surface area contributed by atoms with Crippen LogP contribution in [0.1, 0.15) is 6.92 Å². The van der Waals surface area contributed by atoms with Crippen molar-refractivity contribution in [2.45, 2.75) is 6.92 Å². The minimum absolute atomic E-state index is 0.134. The lowest BCUT2D eigenvalue weighted by Gasteiger charge is -1.88. The Labute approximate surface area is 54.4 Å². The van der Waals surface area contributed by atoms with Gasteiger partial charge in [0.25, 0.3) is 10.1 Å². The van der Waals surface area contributed by atoms with Crippen molar-refractivity contribution in [3.8, 4) is 0 Å². The molecule has 0 aromatic rings. The highest BCUT2D eigenvalue weighted by molar-refractivity contribution is 7.85. The molecule has 0 aliphatic carbocycles. The molecular weight excluding hydrogens is 142 g/mol. The van der Waals surface area contributed by atoms with Crippen molar-refractivity contribution in [1.29, 1.82) is 0 Å². The van der Waals surface area contributed by atoms with Gasteiger partial charge < -0.3 is 0 Å². The molecule has 0 saturated heterocycles. The highest BCUT2D eigenvalue weighted by Crippen LogP contribution is 1.80. The normalized spacial score (nSPS) is 12.7. The summed E-state index contributed by atoms with van der Waals surface area (Å²) in [4.78, 5) is 3.59. The highest BCUT2D eigenvalue weighted by Gasteiger charge is 2.00. The molecule has 0 amide bonds. The van der Waals surface area contributed by atoms with Gasteiger partial charge in [0.1, 0.15) is 0 Å². The van der Waals surface area contributed by atoms with Gasteiger partial charge in [-0.25, -0.2) is 0 Å². The lowest BCUT2D eigenvalue weighted by atomic mass is 10.7. The van der Waals surface area contributed by atoms with Gasteiger partial charge in [0.2, 0.25) is 0 Å². The second kappa shape index (κ2) is 3.58. The number of aliphatic imine (C=N–C) groups is 1. The summed E-state index contributed by atoms with van der Waals surface area (Å²) in [6, 6.07) is 0. The topological polar surface area (TPSA) is 66.7 Å². The molecule has 4 nitrogen and oxygen atoms in total. The maximum Gasteiger partial charge on any atom is 0.266 e. The molecule has 1 N–H and O–H groups in total. The quantitative estimate of drug-likeness (QED) is 0.454. The molecule has 9 heavy (non-hydrogen) atoms. The molecule has 0 heterocycles. The van der Waals surface area contributed by atoms with Gasteiger partial charge in [-0.2, -0.15) is 8.42 Å². The number of hydrogen-bond acceptors (Lipinski definition) is 3. The van der Waals surface area contributed by atoms with E-state index in [1.54, 1.807) is 6.92 Å². The van der Waals surface area contributed by atoms with Crippen LogP contribution in [-0.4, -0.2) is 31.5 Å².